The maximum atomic E-state index is 12.7. The Morgan fingerprint density at radius 1 is 1.09 bits per heavy atom. The van der Waals surface area contributed by atoms with Crippen LogP contribution in [0.1, 0.15) is 23.6 Å². The van der Waals surface area contributed by atoms with E-state index in [1.807, 2.05) is 31.2 Å². The van der Waals surface area contributed by atoms with Crippen LogP contribution in [0.25, 0.3) is 0 Å². The minimum Gasteiger partial charge on any atom is -0.496 e. The number of halogens is 3. The quantitative estimate of drug-likeness (QED) is 0.849. The number of para-hydroxylation sites is 1. The van der Waals surface area contributed by atoms with Crippen molar-refractivity contribution in [3.05, 3.63) is 65.2 Å². The maximum absolute atomic E-state index is 12.7. The van der Waals surface area contributed by atoms with Crippen LogP contribution in [0, 0.1) is 0 Å². The first kappa shape index (κ1) is 17.3. The lowest BCUT2D eigenvalue weighted by Gasteiger charge is -2.16. The molecule has 2 aromatic carbocycles. The molecule has 0 saturated heterocycles. The highest BCUT2D eigenvalue weighted by Crippen LogP contribution is 2.29. The van der Waals surface area contributed by atoms with E-state index in [2.05, 4.69) is 5.32 Å². The Bertz CT molecular complexity index is 640. The molecule has 0 spiro atoms. The Kier molecular flexibility index (Phi) is 5.66. The van der Waals surface area contributed by atoms with Gasteiger partial charge in [-0.2, -0.15) is 13.2 Å². The molecule has 0 fully saturated rings. The van der Waals surface area contributed by atoms with Crippen LogP contribution in [0.3, 0.4) is 0 Å². The van der Waals surface area contributed by atoms with Gasteiger partial charge in [0.1, 0.15) is 5.75 Å². The number of ether oxygens (including phenoxy) is 1. The highest BCUT2D eigenvalue weighted by atomic mass is 19.4. The summed E-state index contributed by atoms with van der Waals surface area (Å²) >= 11 is 0. The van der Waals surface area contributed by atoms with Gasteiger partial charge in [-0.25, -0.2) is 0 Å². The Morgan fingerprint density at radius 2 is 1.83 bits per heavy atom. The van der Waals surface area contributed by atoms with Gasteiger partial charge < -0.3 is 10.1 Å². The zero-order valence-corrected chi connectivity index (χ0v) is 13.2. The Balaban J connectivity index is 1.96. The summed E-state index contributed by atoms with van der Waals surface area (Å²) in [5.41, 5.74) is 1.08. The molecule has 0 aliphatic carbocycles. The number of rotatable bonds is 6. The summed E-state index contributed by atoms with van der Waals surface area (Å²) in [6.07, 6.45) is -3.77. The molecule has 1 N–H and O–H groups in total. The van der Waals surface area contributed by atoms with E-state index in [0.717, 1.165) is 17.4 Å². The molecule has 0 heterocycles. The summed E-state index contributed by atoms with van der Waals surface area (Å²) in [5.74, 6) is 0.797. The summed E-state index contributed by atoms with van der Waals surface area (Å²) in [6, 6.07) is 13.2. The fourth-order valence-corrected chi connectivity index (χ4v) is 2.43. The van der Waals surface area contributed by atoms with Crippen LogP contribution in [0.15, 0.2) is 48.5 Å². The summed E-state index contributed by atoms with van der Waals surface area (Å²) in [5, 5.41) is 3.32. The minimum atomic E-state index is -4.30. The van der Waals surface area contributed by atoms with E-state index in [1.165, 1.54) is 12.1 Å². The van der Waals surface area contributed by atoms with Gasteiger partial charge in [0.05, 0.1) is 12.7 Å². The molecule has 0 amide bonds. The molecular weight excluding hydrogens is 303 g/mol. The molecule has 0 bridgehead atoms. The third-order valence-corrected chi connectivity index (χ3v) is 3.63. The van der Waals surface area contributed by atoms with Crippen molar-refractivity contribution in [3.63, 3.8) is 0 Å². The molecule has 23 heavy (non-hydrogen) atoms. The molecular formula is C18H20F3NO. The summed E-state index contributed by atoms with van der Waals surface area (Å²) in [6.45, 7) is 2.56. The average Bonchev–Trinajstić information content (AvgIpc) is 2.52. The monoisotopic (exact) mass is 323 g/mol. The number of nitrogens with one attached hydrogen (secondary N) is 1. The Hall–Kier alpha value is -2.01. The molecule has 2 nitrogen and oxygen atoms in total. The molecule has 0 aliphatic heterocycles. The second-order valence-electron chi connectivity index (χ2n) is 5.50. The first-order valence-corrected chi connectivity index (χ1v) is 7.41. The third kappa shape index (κ3) is 4.99. The van der Waals surface area contributed by atoms with Crippen LogP contribution in [-0.2, 0) is 19.1 Å². The van der Waals surface area contributed by atoms with Gasteiger partial charge >= 0.3 is 6.18 Å². The molecule has 0 aliphatic rings. The predicted molar refractivity (Wildman–Crippen MR) is 84.4 cm³/mol. The average molecular weight is 323 g/mol. The molecule has 0 aromatic heterocycles. The number of benzene rings is 2. The first-order chi connectivity index (χ1) is 10.9. The summed E-state index contributed by atoms with van der Waals surface area (Å²) < 4.78 is 43.5. The molecule has 124 valence electrons. The van der Waals surface area contributed by atoms with Crippen molar-refractivity contribution in [1.29, 1.82) is 0 Å². The lowest BCUT2D eigenvalue weighted by molar-refractivity contribution is -0.137. The Morgan fingerprint density at radius 3 is 2.52 bits per heavy atom. The topological polar surface area (TPSA) is 21.3 Å². The van der Waals surface area contributed by atoms with E-state index in [4.69, 9.17) is 4.74 Å². The molecule has 1 atom stereocenters. The largest absolute Gasteiger partial charge is 0.496 e. The lowest BCUT2D eigenvalue weighted by atomic mass is 10.0. The highest BCUT2D eigenvalue weighted by Gasteiger charge is 2.30. The Labute approximate surface area is 134 Å². The fourth-order valence-electron chi connectivity index (χ4n) is 2.43. The van der Waals surface area contributed by atoms with E-state index < -0.39 is 11.7 Å². The molecule has 5 heteroatoms. The fraction of sp³-hybridized carbons (Fsp3) is 0.333. The van der Waals surface area contributed by atoms with Crippen molar-refractivity contribution >= 4 is 0 Å². The van der Waals surface area contributed by atoms with Crippen molar-refractivity contribution in [2.24, 2.45) is 0 Å². The second-order valence-corrected chi connectivity index (χ2v) is 5.50. The number of hydrogen-bond donors (Lipinski definition) is 1. The molecule has 0 radical (unpaired) electrons. The van der Waals surface area contributed by atoms with Gasteiger partial charge in [0.25, 0.3) is 0 Å². The smallest absolute Gasteiger partial charge is 0.416 e. The van der Waals surface area contributed by atoms with Crippen LogP contribution >= 0.6 is 0 Å². The minimum absolute atomic E-state index is 0.0448. The van der Waals surface area contributed by atoms with Gasteiger partial charge in [-0.3, -0.25) is 0 Å². The first-order valence-electron chi connectivity index (χ1n) is 7.41. The van der Waals surface area contributed by atoms with E-state index in [9.17, 15) is 13.2 Å². The molecule has 0 unspecified atom stereocenters. The zero-order chi connectivity index (χ0) is 16.9. The lowest BCUT2D eigenvalue weighted by Crippen LogP contribution is -2.27. The number of methoxy groups -OCH3 is 1. The maximum Gasteiger partial charge on any atom is 0.416 e. The SMILES string of the molecule is COc1ccccc1CN[C@H](C)Cc1cccc(C(F)(F)F)c1. The second kappa shape index (κ2) is 7.51. The standard InChI is InChI=1S/C18H20F3NO/c1-13(22-12-15-7-3-4-9-17(15)23-2)10-14-6-5-8-16(11-14)18(19,20)21/h3-9,11,13,22H,10,12H2,1-2H3/t13-/m1/s1. The van der Waals surface area contributed by atoms with Crippen LogP contribution in [0.5, 0.6) is 5.75 Å². The number of alkyl halides is 3. The predicted octanol–water partition coefficient (Wildman–Crippen LogP) is 4.43. The van der Waals surface area contributed by atoms with Crippen molar-refractivity contribution in [3.8, 4) is 5.75 Å². The van der Waals surface area contributed by atoms with E-state index in [1.54, 1.807) is 13.2 Å². The van der Waals surface area contributed by atoms with Gasteiger partial charge in [0, 0.05) is 18.2 Å². The van der Waals surface area contributed by atoms with Gasteiger partial charge in [-0.15, -0.1) is 0 Å². The molecule has 2 aromatic rings. The third-order valence-electron chi connectivity index (χ3n) is 3.63. The highest BCUT2D eigenvalue weighted by molar-refractivity contribution is 5.33. The normalized spacial score (nSPS) is 12.9. The van der Waals surface area contributed by atoms with Gasteiger partial charge in [-0.05, 0) is 31.0 Å². The number of hydrogen-bond acceptors (Lipinski definition) is 2. The van der Waals surface area contributed by atoms with Crippen LogP contribution in [-0.4, -0.2) is 13.2 Å². The van der Waals surface area contributed by atoms with Gasteiger partial charge in [-0.1, -0.05) is 36.4 Å². The van der Waals surface area contributed by atoms with E-state index in [0.29, 0.717) is 18.5 Å². The van der Waals surface area contributed by atoms with E-state index in [-0.39, 0.29) is 6.04 Å². The molecule has 2 rings (SSSR count). The van der Waals surface area contributed by atoms with E-state index >= 15 is 0 Å². The summed E-state index contributed by atoms with van der Waals surface area (Å²) in [7, 11) is 1.62. The zero-order valence-electron chi connectivity index (χ0n) is 13.2. The van der Waals surface area contributed by atoms with Crippen molar-refractivity contribution in [1.82, 2.24) is 5.32 Å². The van der Waals surface area contributed by atoms with Crippen LogP contribution in [0.4, 0.5) is 13.2 Å². The molecule has 0 saturated carbocycles. The van der Waals surface area contributed by atoms with Crippen molar-refractivity contribution in [2.75, 3.05) is 7.11 Å². The summed E-state index contributed by atoms with van der Waals surface area (Å²) in [4.78, 5) is 0. The van der Waals surface area contributed by atoms with Gasteiger partial charge in [0.2, 0.25) is 0 Å². The van der Waals surface area contributed by atoms with Crippen molar-refractivity contribution < 1.29 is 17.9 Å². The van der Waals surface area contributed by atoms with Crippen LogP contribution in [0.2, 0.25) is 0 Å². The van der Waals surface area contributed by atoms with Crippen LogP contribution < -0.4 is 10.1 Å². The van der Waals surface area contributed by atoms with Crippen molar-refractivity contribution in [2.45, 2.75) is 32.1 Å². The van der Waals surface area contributed by atoms with Gasteiger partial charge in [0.15, 0.2) is 0 Å².